The van der Waals surface area contributed by atoms with Crippen LogP contribution in [-0.2, 0) is 4.79 Å². The first-order valence-electron chi connectivity index (χ1n) is 6.57. The van der Waals surface area contributed by atoms with Crippen molar-refractivity contribution in [3.05, 3.63) is 29.3 Å². The lowest BCUT2D eigenvalue weighted by Crippen LogP contribution is -2.48. The Bertz CT molecular complexity index is 442. The monoisotopic (exact) mass is 281 g/mol. The van der Waals surface area contributed by atoms with Gasteiger partial charge in [-0.1, -0.05) is 30.7 Å². The number of rotatable bonds is 3. The van der Waals surface area contributed by atoms with E-state index in [0.29, 0.717) is 23.2 Å². The number of amides is 1. The number of carbonyl (C=O) groups excluding carboxylic acids is 1. The molecule has 0 saturated carbocycles. The number of nitrogens with one attached hydrogen (secondary N) is 1. The Morgan fingerprint density at radius 3 is 2.89 bits per heavy atom. The van der Waals surface area contributed by atoms with Crippen LogP contribution in [0.25, 0.3) is 0 Å². The molecule has 0 aromatic heterocycles. The first kappa shape index (κ1) is 14.3. The summed E-state index contributed by atoms with van der Waals surface area (Å²) in [7, 11) is 0. The Balaban J connectivity index is 1.89. The van der Waals surface area contributed by atoms with Gasteiger partial charge in [-0.15, -0.1) is 0 Å². The maximum absolute atomic E-state index is 12.0. The van der Waals surface area contributed by atoms with Crippen LogP contribution in [0.15, 0.2) is 24.3 Å². The van der Waals surface area contributed by atoms with Gasteiger partial charge in [-0.05, 0) is 24.5 Å². The Morgan fingerprint density at radius 2 is 2.21 bits per heavy atom. The molecule has 1 saturated heterocycles. The number of anilines is 1. The highest BCUT2D eigenvalue weighted by atomic mass is 35.5. The number of hydrogen-bond donors (Lipinski definition) is 2. The number of para-hydroxylation sites is 1. The number of nitrogens with two attached hydrogens (primary N) is 1. The molecule has 1 aliphatic rings. The molecule has 2 rings (SSSR count). The van der Waals surface area contributed by atoms with Crippen molar-refractivity contribution in [3.8, 4) is 0 Å². The highest BCUT2D eigenvalue weighted by Crippen LogP contribution is 2.20. The van der Waals surface area contributed by atoms with Gasteiger partial charge in [0, 0.05) is 19.1 Å². The summed E-state index contributed by atoms with van der Waals surface area (Å²) in [5.74, 6) is 0.492. The quantitative estimate of drug-likeness (QED) is 0.890. The first-order chi connectivity index (χ1) is 9.04. The predicted molar refractivity (Wildman–Crippen MR) is 78.3 cm³/mol. The summed E-state index contributed by atoms with van der Waals surface area (Å²) in [6.45, 7) is 4.23. The number of piperidine rings is 1. The summed E-state index contributed by atoms with van der Waals surface area (Å²) in [6.07, 6.45) is 1.03. The third-order valence-corrected chi connectivity index (χ3v) is 3.61. The summed E-state index contributed by atoms with van der Waals surface area (Å²) >= 11 is 6.01. The van der Waals surface area contributed by atoms with Gasteiger partial charge in [-0.3, -0.25) is 9.69 Å². The van der Waals surface area contributed by atoms with Crippen LogP contribution in [-0.4, -0.2) is 36.5 Å². The standard InChI is InChI=1S/C14H20ClN3O/c1-10-6-11(16)8-18(7-10)9-14(19)17-13-5-3-2-4-12(13)15/h2-5,10-11H,6-9,16H2,1H3,(H,17,19). The number of likely N-dealkylation sites (tertiary alicyclic amines) is 1. The zero-order chi connectivity index (χ0) is 13.8. The first-order valence-corrected chi connectivity index (χ1v) is 6.94. The molecule has 1 aliphatic heterocycles. The number of halogens is 1. The van der Waals surface area contributed by atoms with Gasteiger partial charge < -0.3 is 11.1 Å². The Hall–Kier alpha value is -1.10. The smallest absolute Gasteiger partial charge is 0.238 e. The summed E-state index contributed by atoms with van der Waals surface area (Å²) in [5.41, 5.74) is 6.63. The van der Waals surface area contributed by atoms with Gasteiger partial charge in [0.1, 0.15) is 0 Å². The third kappa shape index (κ3) is 4.20. The van der Waals surface area contributed by atoms with Crippen molar-refractivity contribution < 1.29 is 4.79 Å². The molecule has 2 unspecified atom stereocenters. The molecule has 1 amide bonds. The van der Waals surface area contributed by atoms with Gasteiger partial charge in [0.25, 0.3) is 0 Å². The van der Waals surface area contributed by atoms with E-state index in [2.05, 4.69) is 17.1 Å². The van der Waals surface area contributed by atoms with Crippen LogP contribution < -0.4 is 11.1 Å². The molecule has 0 spiro atoms. The van der Waals surface area contributed by atoms with Crippen LogP contribution in [0.2, 0.25) is 5.02 Å². The second-order valence-electron chi connectivity index (χ2n) is 5.32. The van der Waals surface area contributed by atoms with Gasteiger partial charge in [0.05, 0.1) is 17.3 Å². The normalized spacial score (nSPS) is 24.2. The maximum Gasteiger partial charge on any atom is 0.238 e. The second kappa shape index (κ2) is 6.37. The summed E-state index contributed by atoms with van der Waals surface area (Å²) < 4.78 is 0. The van der Waals surface area contributed by atoms with Crippen LogP contribution in [0, 0.1) is 5.92 Å². The molecule has 0 aliphatic carbocycles. The zero-order valence-electron chi connectivity index (χ0n) is 11.1. The van der Waals surface area contributed by atoms with Crippen molar-refractivity contribution in [2.24, 2.45) is 11.7 Å². The van der Waals surface area contributed by atoms with Gasteiger partial charge in [0.2, 0.25) is 5.91 Å². The molecule has 1 fully saturated rings. The van der Waals surface area contributed by atoms with E-state index in [9.17, 15) is 4.79 Å². The molecule has 3 N–H and O–H groups in total. The van der Waals surface area contributed by atoms with Crippen LogP contribution in [0.5, 0.6) is 0 Å². The number of nitrogens with zero attached hydrogens (tertiary/aromatic N) is 1. The molecule has 104 valence electrons. The Kier molecular flexibility index (Phi) is 4.80. The number of carbonyl (C=O) groups is 1. The van der Waals surface area contributed by atoms with Gasteiger partial charge in [-0.25, -0.2) is 0 Å². The SMILES string of the molecule is CC1CC(N)CN(CC(=O)Nc2ccccc2Cl)C1. The van der Waals surface area contributed by atoms with Gasteiger partial charge >= 0.3 is 0 Å². The van der Waals surface area contributed by atoms with Gasteiger partial charge in [0.15, 0.2) is 0 Å². The molecule has 0 radical (unpaired) electrons. The van der Waals surface area contributed by atoms with E-state index in [4.69, 9.17) is 17.3 Å². The van der Waals surface area contributed by atoms with Crippen molar-refractivity contribution in [3.63, 3.8) is 0 Å². The van der Waals surface area contributed by atoms with E-state index in [1.54, 1.807) is 12.1 Å². The van der Waals surface area contributed by atoms with Crippen LogP contribution in [0.3, 0.4) is 0 Å². The fourth-order valence-electron chi connectivity index (χ4n) is 2.60. The largest absolute Gasteiger partial charge is 0.327 e. The van der Waals surface area contributed by atoms with Crippen LogP contribution >= 0.6 is 11.6 Å². The molecule has 1 aromatic rings. The topological polar surface area (TPSA) is 58.4 Å². The van der Waals surface area contributed by atoms with Crippen LogP contribution in [0.4, 0.5) is 5.69 Å². The number of hydrogen-bond acceptors (Lipinski definition) is 3. The molecule has 5 heteroatoms. The second-order valence-corrected chi connectivity index (χ2v) is 5.73. The fourth-order valence-corrected chi connectivity index (χ4v) is 2.78. The summed E-state index contributed by atoms with van der Waals surface area (Å²) in [5, 5.41) is 3.39. The average molecular weight is 282 g/mol. The molecule has 1 aromatic carbocycles. The fraction of sp³-hybridized carbons (Fsp3) is 0.500. The summed E-state index contributed by atoms with van der Waals surface area (Å²) in [6, 6.07) is 7.40. The third-order valence-electron chi connectivity index (χ3n) is 3.28. The van der Waals surface area contributed by atoms with Crippen molar-refractivity contribution in [2.75, 3.05) is 25.0 Å². The van der Waals surface area contributed by atoms with E-state index < -0.39 is 0 Å². The van der Waals surface area contributed by atoms with E-state index in [-0.39, 0.29) is 11.9 Å². The molecule has 2 atom stereocenters. The lowest BCUT2D eigenvalue weighted by Gasteiger charge is -2.34. The highest BCUT2D eigenvalue weighted by molar-refractivity contribution is 6.33. The van der Waals surface area contributed by atoms with E-state index in [1.165, 1.54) is 0 Å². The van der Waals surface area contributed by atoms with Crippen molar-refractivity contribution in [1.29, 1.82) is 0 Å². The van der Waals surface area contributed by atoms with E-state index >= 15 is 0 Å². The van der Waals surface area contributed by atoms with E-state index in [0.717, 1.165) is 19.5 Å². The Morgan fingerprint density at radius 1 is 1.47 bits per heavy atom. The molecular formula is C14H20ClN3O. The predicted octanol–water partition coefficient (Wildman–Crippen LogP) is 1.95. The molecular weight excluding hydrogens is 262 g/mol. The summed E-state index contributed by atoms with van der Waals surface area (Å²) in [4.78, 5) is 14.1. The van der Waals surface area contributed by atoms with Crippen LogP contribution in [0.1, 0.15) is 13.3 Å². The lowest BCUT2D eigenvalue weighted by molar-refractivity contribution is -0.117. The minimum Gasteiger partial charge on any atom is -0.327 e. The highest BCUT2D eigenvalue weighted by Gasteiger charge is 2.23. The van der Waals surface area contributed by atoms with E-state index in [1.807, 2.05) is 12.1 Å². The average Bonchev–Trinajstić information content (AvgIpc) is 2.30. The van der Waals surface area contributed by atoms with Crippen molar-refractivity contribution in [1.82, 2.24) is 4.90 Å². The van der Waals surface area contributed by atoms with Crippen molar-refractivity contribution >= 4 is 23.2 Å². The molecule has 0 bridgehead atoms. The Labute approximate surface area is 118 Å². The zero-order valence-corrected chi connectivity index (χ0v) is 11.9. The van der Waals surface area contributed by atoms with Gasteiger partial charge in [-0.2, -0.15) is 0 Å². The molecule has 1 heterocycles. The lowest BCUT2D eigenvalue weighted by atomic mass is 9.97. The number of benzene rings is 1. The minimum atomic E-state index is -0.0469. The van der Waals surface area contributed by atoms with Crippen molar-refractivity contribution in [2.45, 2.75) is 19.4 Å². The maximum atomic E-state index is 12.0. The minimum absolute atomic E-state index is 0.0469. The molecule has 19 heavy (non-hydrogen) atoms. The molecule has 4 nitrogen and oxygen atoms in total.